The smallest absolute Gasteiger partial charge is 0.321 e. The van der Waals surface area contributed by atoms with Crippen molar-refractivity contribution in [2.75, 3.05) is 32.6 Å². The highest BCUT2D eigenvalue weighted by Gasteiger charge is 2.20. The van der Waals surface area contributed by atoms with Crippen molar-refractivity contribution < 1.29 is 14.3 Å². The van der Waals surface area contributed by atoms with E-state index in [-0.39, 0.29) is 12.1 Å². The third kappa shape index (κ3) is 4.68. The Kier molecular flexibility index (Phi) is 6.39. The van der Waals surface area contributed by atoms with Gasteiger partial charge < -0.3 is 19.7 Å². The van der Waals surface area contributed by atoms with E-state index in [1.807, 2.05) is 0 Å². The van der Waals surface area contributed by atoms with E-state index in [1.165, 1.54) is 0 Å². The zero-order valence-electron chi connectivity index (χ0n) is 13.7. The third-order valence-corrected chi connectivity index (χ3v) is 4.08. The molecule has 6 nitrogen and oxygen atoms in total. The molecule has 1 N–H and O–H groups in total. The van der Waals surface area contributed by atoms with Crippen LogP contribution in [0.15, 0.2) is 18.2 Å². The fourth-order valence-electron chi connectivity index (χ4n) is 2.75. The summed E-state index contributed by atoms with van der Waals surface area (Å²) in [5, 5.41) is 12.1. The highest BCUT2D eigenvalue weighted by Crippen LogP contribution is 2.18. The summed E-state index contributed by atoms with van der Waals surface area (Å²) >= 11 is 0. The maximum atomic E-state index is 12.4. The molecule has 23 heavy (non-hydrogen) atoms. The van der Waals surface area contributed by atoms with E-state index in [0.717, 1.165) is 31.4 Å². The van der Waals surface area contributed by atoms with Crippen molar-refractivity contribution in [3.05, 3.63) is 29.3 Å². The van der Waals surface area contributed by atoms with Gasteiger partial charge in [0.25, 0.3) is 0 Å². The Hall–Kier alpha value is -2.10. The van der Waals surface area contributed by atoms with Crippen LogP contribution in [0.25, 0.3) is 0 Å². The van der Waals surface area contributed by atoms with Gasteiger partial charge in [-0.25, -0.2) is 4.79 Å². The number of nitrogens with one attached hydrogen (secondary N) is 1. The van der Waals surface area contributed by atoms with Crippen LogP contribution in [-0.2, 0) is 16.1 Å². The lowest BCUT2D eigenvalue weighted by atomic mass is 10.1. The van der Waals surface area contributed by atoms with E-state index in [4.69, 9.17) is 9.47 Å². The second kappa shape index (κ2) is 8.51. The second-order valence-electron chi connectivity index (χ2n) is 5.62. The fourth-order valence-corrected chi connectivity index (χ4v) is 2.75. The van der Waals surface area contributed by atoms with Gasteiger partial charge in [-0.05, 0) is 37.0 Å². The maximum Gasteiger partial charge on any atom is 0.321 e. The van der Waals surface area contributed by atoms with Crippen LogP contribution in [0.4, 0.5) is 10.5 Å². The van der Waals surface area contributed by atoms with Crippen LogP contribution in [-0.4, -0.2) is 44.3 Å². The first-order chi connectivity index (χ1) is 11.2. The largest absolute Gasteiger partial charge is 0.381 e. The number of rotatable bonds is 4. The van der Waals surface area contributed by atoms with Crippen molar-refractivity contribution in [2.24, 2.45) is 0 Å². The molecular formula is C17H23N3O3. The number of carbonyl (C=O) groups is 1. The maximum absolute atomic E-state index is 12.4. The molecule has 0 radical (unpaired) electrons. The number of hydrogen-bond donors (Lipinski definition) is 1. The Bertz CT molecular complexity index is 583. The van der Waals surface area contributed by atoms with Crippen LogP contribution in [0.5, 0.6) is 0 Å². The molecule has 1 fully saturated rings. The van der Waals surface area contributed by atoms with E-state index in [2.05, 4.69) is 11.4 Å². The number of ether oxygens (including phenoxy) is 2. The predicted molar refractivity (Wildman–Crippen MR) is 87.1 cm³/mol. The Balaban J connectivity index is 2.01. The molecule has 1 aliphatic heterocycles. The topological polar surface area (TPSA) is 74.6 Å². The molecule has 0 aliphatic carbocycles. The summed E-state index contributed by atoms with van der Waals surface area (Å²) in [7, 11) is 3.30. The van der Waals surface area contributed by atoms with Crippen molar-refractivity contribution in [1.29, 1.82) is 5.26 Å². The molecule has 2 rings (SSSR count). The highest BCUT2D eigenvalue weighted by atomic mass is 16.5. The van der Waals surface area contributed by atoms with Crippen LogP contribution in [0.3, 0.4) is 0 Å². The minimum atomic E-state index is -0.134. The zero-order chi connectivity index (χ0) is 16.7. The van der Waals surface area contributed by atoms with Gasteiger partial charge in [-0.3, -0.25) is 0 Å². The van der Waals surface area contributed by atoms with Gasteiger partial charge in [-0.2, -0.15) is 5.26 Å². The van der Waals surface area contributed by atoms with Gasteiger partial charge in [0.15, 0.2) is 0 Å². The number of benzene rings is 1. The van der Waals surface area contributed by atoms with E-state index >= 15 is 0 Å². The minimum Gasteiger partial charge on any atom is -0.381 e. The molecule has 1 unspecified atom stereocenters. The first-order valence-corrected chi connectivity index (χ1v) is 7.78. The Morgan fingerprint density at radius 3 is 2.91 bits per heavy atom. The van der Waals surface area contributed by atoms with Gasteiger partial charge in [0.1, 0.15) is 0 Å². The summed E-state index contributed by atoms with van der Waals surface area (Å²) in [6.45, 7) is 1.78. The summed E-state index contributed by atoms with van der Waals surface area (Å²) in [6.07, 6.45) is 2.98. The number of nitriles is 1. The Labute approximate surface area is 137 Å². The monoisotopic (exact) mass is 317 g/mol. The summed E-state index contributed by atoms with van der Waals surface area (Å²) < 4.78 is 10.4. The molecule has 1 atom stereocenters. The highest BCUT2D eigenvalue weighted by molar-refractivity contribution is 5.89. The molecule has 0 spiro atoms. The van der Waals surface area contributed by atoms with Crippen molar-refractivity contribution >= 4 is 11.7 Å². The van der Waals surface area contributed by atoms with Crippen LogP contribution in [0.2, 0.25) is 0 Å². The molecule has 1 saturated heterocycles. The second-order valence-corrected chi connectivity index (χ2v) is 5.62. The van der Waals surface area contributed by atoms with Gasteiger partial charge in [0, 0.05) is 33.0 Å². The van der Waals surface area contributed by atoms with E-state index < -0.39 is 0 Å². The summed E-state index contributed by atoms with van der Waals surface area (Å²) in [5.41, 5.74) is 1.95. The number of likely N-dealkylation sites (tertiary alicyclic amines) is 1. The fraction of sp³-hybridized carbons (Fsp3) is 0.529. The van der Waals surface area contributed by atoms with Crippen LogP contribution >= 0.6 is 0 Å². The summed E-state index contributed by atoms with van der Waals surface area (Å²) in [4.78, 5) is 14.2. The number of amides is 2. The molecule has 1 aromatic carbocycles. The van der Waals surface area contributed by atoms with Crippen molar-refractivity contribution in [3.8, 4) is 6.07 Å². The number of hydrogen-bond acceptors (Lipinski definition) is 4. The zero-order valence-corrected chi connectivity index (χ0v) is 13.7. The first kappa shape index (κ1) is 17.3. The lowest BCUT2D eigenvalue weighted by Gasteiger charge is -2.21. The molecule has 6 heteroatoms. The Morgan fingerprint density at radius 1 is 1.39 bits per heavy atom. The number of urea groups is 1. The van der Waals surface area contributed by atoms with E-state index in [9.17, 15) is 10.1 Å². The number of anilines is 1. The van der Waals surface area contributed by atoms with Gasteiger partial charge >= 0.3 is 6.03 Å². The SMILES string of the molecule is COCc1ccc(NC(=O)N2CCCC(OC)CC2)cc1C#N. The van der Waals surface area contributed by atoms with E-state index in [1.54, 1.807) is 37.3 Å². The van der Waals surface area contributed by atoms with Gasteiger partial charge in [0.2, 0.25) is 0 Å². The van der Waals surface area contributed by atoms with Gasteiger partial charge in [0.05, 0.1) is 24.3 Å². The lowest BCUT2D eigenvalue weighted by Crippen LogP contribution is -2.36. The summed E-state index contributed by atoms with van der Waals surface area (Å²) in [6, 6.07) is 7.29. The first-order valence-electron chi connectivity index (χ1n) is 7.78. The Morgan fingerprint density at radius 2 is 2.22 bits per heavy atom. The molecule has 1 aromatic rings. The minimum absolute atomic E-state index is 0.134. The lowest BCUT2D eigenvalue weighted by molar-refractivity contribution is 0.0908. The standard InChI is InChI=1S/C17H23N3O3/c1-22-12-13-5-6-15(10-14(13)11-18)19-17(21)20-8-3-4-16(23-2)7-9-20/h5-6,10,16H,3-4,7-9,12H2,1-2H3,(H,19,21). The predicted octanol–water partition coefficient (Wildman–Crippen LogP) is 2.74. The number of nitrogens with zero attached hydrogens (tertiary/aromatic N) is 2. The number of methoxy groups -OCH3 is 2. The van der Waals surface area contributed by atoms with Gasteiger partial charge in [-0.1, -0.05) is 6.07 Å². The van der Waals surface area contributed by atoms with E-state index in [0.29, 0.717) is 24.4 Å². The molecule has 0 aromatic heterocycles. The molecule has 1 heterocycles. The average Bonchev–Trinajstić information content (AvgIpc) is 2.82. The normalized spacial score (nSPS) is 18.1. The van der Waals surface area contributed by atoms with Crippen molar-refractivity contribution in [3.63, 3.8) is 0 Å². The van der Waals surface area contributed by atoms with Crippen LogP contribution < -0.4 is 5.32 Å². The van der Waals surface area contributed by atoms with Crippen molar-refractivity contribution in [1.82, 2.24) is 4.90 Å². The quantitative estimate of drug-likeness (QED) is 0.926. The summed E-state index contributed by atoms with van der Waals surface area (Å²) in [5.74, 6) is 0. The molecule has 2 amide bonds. The van der Waals surface area contributed by atoms with Crippen LogP contribution in [0, 0.1) is 11.3 Å². The third-order valence-electron chi connectivity index (χ3n) is 4.08. The molecule has 1 aliphatic rings. The molecular weight excluding hydrogens is 294 g/mol. The van der Waals surface area contributed by atoms with Crippen LogP contribution in [0.1, 0.15) is 30.4 Å². The average molecular weight is 317 g/mol. The van der Waals surface area contributed by atoms with Crippen molar-refractivity contribution in [2.45, 2.75) is 32.0 Å². The number of carbonyl (C=O) groups excluding carboxylic acids is 1. The molecule has 124 valence electrons. The van der Waals surface area contributed by atoms with Gasteiger partial charge in [-0.15, -0.1) is 0 Å². The molecule has 0 bridgehead atoms. The molecule has 0 saturated carbocycles.